The van der Waals surface area contributed by atoms with Crippen LogP contribution < -0.4 is 16.6 Å². The van der Waals surface area contributed by atoms with Crippen LogP contribution in [0.1, 0.15) is 11.5 Å². The monoisotopic (exact) mass is 270 g/mol. The topological polar surface area (TPSA) is 96.9 Å². The molecule has 0 unspecified atom stereocenters. The summed E-state index contributed by atoms with van der Waals surface area (Å²) in [6, 6.07) is 7.19. The van der Waals surface area contributed by atoms with Gasteiger partial charge in [0, 0.05) is 0 Å². The first-order chi connectivity index (χ1) is 9.63. The SMILES string of the molecule is Cc1ccc(CNc2cc3nc[nH]c(=O)c3cc2N)o1. The Balaban J connectivity index is 1.91. The summed E-state index contributed by atoms with van der Waals surface area (Å²) in [5.74, 6) is 1.68. The van der Waals surface area contributed by atoms with Crippen molar-refractivity contribution < 1.29 is 4.42 Å². The van der Waals surface area contributed by atoms with Crippen molar-refractivity contribution in [2.45, 2.75) is 13.5 Å². The molecule has 0 saturated carbocycles. The van der Waals surface area contributed by atoms with Gasteiger partial charge in [-0.3, -0.25) is 4.79 Å². The zero-order chi connectivity index (χ0) is 14.1. The molecule has 4 N–H and O–H groups in total. The maximum atomic E-state index is 11.6. The van der Waals surface area contributed by atoms with E-state index >= 15 is 0 Å². The number of rotatable bonds is 3. The number of H-pyrrole nitrogens is 1. The number of benzene rings is 1. The van der Waals surface area contributed by atoms with Crippen LogP contribution in [-0.4, -0.2) is 9.97 Å². The molecule has 0 saturated heterocycles. The second-order valence-corrected chi connectivity index (χ2v) is 4.55. The predicted molar refractivity (Wildman–Crippen MR) is 77.5 cm³/mol. The first-order valence-electron chi connectivity index (χ1n) is 6.19. The number of aromatic nitrogens is 2. The Kier molecular flexibility index (Phi) is 2.90. The summed E-state index contributed by atoms with van der Waals surface area (Å²) in [6.07, 6.45) is 1.38. The van der Waals surface area contributed by atoms with Gasteiger partial charge >= 0.3 is 0 Å². The summed E-state index contributed by atoms with van der Waals surface area (Å²) in [6.45, 7) is 2.41. The fourth-order valence-electron chi connectivity index (χ4n) is 2.05. The summed E-state index contributed by atoms with van der Waals surface area (Å²) in [4.78, 5) is 18.3. The van der Waals surface area contributed by atoms with E-state index in [4.69, 9.17) is 10.2 Å². The van der Waals surface area contributed by atoms with Crippen molar-refractivity contribution in [1.29, 1.82) is 0 Å². The van der Waals surface area contributed by atoms with Gasteiger partial charge in [-0.1, -0.05) is 0 Å². The van der Waals surface area contributed by atoms with Crippen LogP contribution in [0.2, 0.25) is 0 Å². The highest BCUT2D eigenvalue weighted by Crippen LogP contribution is 2.23. The molecule has 1 aromatic carbocycles. The molecular weight excluding hydrogens is 256 g/mol. The molecule has 0 spiro atoms. The summed E-state index contributed by atoms with van der Waals surface area (Å²) < 4.78 is 5.48. The van der Waals surface area contributed by atoms with Crippen molar-refractivity contribution >= 4 is 22.3 Å². The predicted octanol–water partition coefficient (Wildman–Crippen LogP) is 2.02. The number of nitrogens with zero attached hydrogens (tertiary/aromatic N) is 1. The lowest BCUT2D eigenvalue weighted by Crippen LogP contribution is -2.08. The summed E-state index contributed by atoms with van der Waals surface area (Å²) in [5, 5.41) is 3.66. The molecule has 102 valence electrons. The fourth-order valence-corrected chi connectivity index (χ4v) is 2.05. The minimum Gasteiger partial charge on any atom is -0.465 e. The molecule has 0 bridgehead atoms. The first kappa shape index (κ1) is 12.3. The number of hydrogen-bond acceptors (Lipinski definition) is 5. The van der Waals surface area contributed by atoms with Gasteiger partial charge in [0.25, 0.3) is 5.56 Å². The van der Waals surface area contributed by atoms with Gasteiger partial charge in [-0.25, -0.2) is 4.98 Å². The van der Waals surface area contributed by atoms with Crippen LogP contribution in [0.25, 0.3) is 10.9 Å². The summed E-state index contributed by atoms with van der Waals surface area (Å²) in [5.41, 5.74) is 7.58. The van der Waals surface area contributed by atoms with Crippen LogP contribution in [0.4, 0.5) is 11.4 Å². The molecule has 0 aliphatic rings. The Morgan fingerprint density at radius 3 is 3.00 bits per heavy atom. The van der Waals surface area contributed by atoms with Gasteiger partial charge in [-0.05, 0) is 31.2 Å². The number of furan rings is 1. The highest BCUT2D eigenvalue weighted by Gasteiger charge is 2.06. The Morgan fingerprint density at radius 2 is 2.25 bits per heavy atom. The smallest absolute Gasteiger partial charge is 0.258 e. The number of aromatic amines is 1. The first-order valence-corrected chi connectivity index (χ1v) is 6.19. The molecule has 20 heavy (non-hydrogen) atoms. The lowest BCUT2D eigenvalue weighted by Gasteiger charge is -2.09. The quantitative estimate of drug-likeness (QED) is 0.633. The number of nitrogens with two attached hydrogens (primary N) is 1. The van der Waals surface area contributed by atoms with Crippen LogP contribution in [0.5, 0.6) is 0 Å². The van der Waals surface area contributed by atoms with Gasteiger partial charge in [0.15, 0.2) is 0 Å². The van der Waals surface area contributed by atoms with E-state index in [0.717, 1.165) is 17.2 Å². The highest BCUT2D eigenvalue weighted by atomic mass is 16.3. The molecule has 0 radical (unpaired) electrons. The van der Waals surface area contributed by atoms with Crippen LogP contribution in [0.15, 0.2) is 39.8 Å². The third-order valence-corrected chi connectivity index (χ3v) is 3.06. The van der Waals surface area contributed by atoms with Crippen LogP contribution in [0.3, 0.4) is 0 Å². The van der Waals surface area contributed by atoms with Gasteiger partial charge in [-0.2, -0.15) is 0 Å². The Morgan fingerprint density at radius 1 is 1.40 bits per heavy atom. The largest absolute Gasteiger partial charge is 0.465 e. The molecule has 6 nitrogen and oxygen atoms in total. The minimum absolute atomic E-state index is 0.199. The molecule has 0 fully saturated rings. The number of nitrogen functional groups attached to an aromatic ring is 1. The van der Waals surface area contributed by atoms with Gasteiger partial charge in [0.1, 0.15) is 11.5 Å². The molecule has 6 heteroatoms. The van der Waals surface area contributed by atoms with E-state index in [0.29, 0.717) is 23.1 Å². The van der Waals surface area contributed by atoms with E-state index in [2.05, 4.69) is 15.3 Å². The van der Waals surface area contributed by atoms with E-state index in [9.17, 15) is 4.79 Å². The Labute approximate surface area is 114 Å². The minimum atomic E-state index is -0.199. The molecule has 2 heterocycles. The highest BCUT2D eigenvalue weighted by molar-refractivity contribution is 5.88. The Hall–Kier alpha value is -2.76. The molecule has 0 amide bonds. The molecule has 0 aliphatic heterocycles. The van der Waals surface area contributed by atoms with Crippen molar-refractivity contribution in [1.82, 2.24) is 9.97 Å². The van der Waals surface area contributed by atoms with E-state index in [1.165, 1.54) is 6.33 Å². The van der Waals surface area contributed by atoms with Crippen molar-refractivity contribution in [3.8, 4) is 0 Å². The average molecular weight is 270 g/mol. The van der Waals surface area contributed by atoms with Gasteiger partial charge in [0.2, 0.25) is 0 Å². The van der Waals surface area contributed by atoms with E-state index in [1.807, 2.05) is 19.1 Å². The standard InChI is InChI=1S/C14H14N4O2/c1-8-2-3-9(20-8)6-16-13-5-12-10(4-11(13)15)14(19)18-7-17-12/h2-5,7,16H,6,15H2,1H3,(H,17,18,19). The number of nitrogens with one attached hydrogen (secondary N) is 2. The summed E-state index contributed by atoms with van der Waals surface area (Å²) in [7, 11) is 0. The normalized spacial score (nSPS) is 10.8. The third-order valence-electron chi connectivity index (χ3n) is 3.06. The lowest BCUT2D eigenvalue weighted by molar-refractivity contribution is 0.490. The van der Waals surface area contributed by atoms with Crippen LogP contribution >= 0.6 is 0 Å². The van der Waals surface area contributed by atoms with Crippen molar-refractivity contribution in [2.24, 2.45) is 0 Å². The molecular formula is C14H14N4O2. The number of hydrogen-bond donors (Lipinski definition) is 3. The van der Waals surface area contributed by atoms with Crippen molar-refractivity contribution in [3.05, 3.63) is 52.5 Å². The van der Waals surface area contributed by atoms with E-state index in [-0.39, 0.29) is 5.56 Å². The molecule has 3 rings (SSSR count). The zero-order valence-corrected chi connectivity index (χ0v) is 10.9. The second-order valence-electron chi connectivity index (χ2n) is 4.55. The fraction of sp³-hybridized carbons (Fsp3) is 0.143. The van der Waals surface area contributed by atoms with Gasteiger partial charge in [0.05, 0.1) is 35.1 Å². The van der Waals surface area contributed by atoms with Gasteiger partial charge in [-0.15, -0.1) is 0 Å². The van der Waals surface area contributed by atoms with Crippen molar-refractivity contribution in [3.63, 3.8) is 0 Å². The average Bonchev–Trinajstić information content (AvgIpc) is 2.83. The molecule has 3 aromatic rings. The number of fused-ring (bicyclic) bond motifs is 1. The molecule has 0 atom stereocenters. The third kappa shape index (κ3) is 2.23. The molecule has 2 aromatic heterocycles. The number of aryl methyl sites for hydroxylation is 1. The van der Waals surface area contributed by atoms with Crippen LogP contribution in [0, 0.1) is 6.92 Å². The zero-order valence-electron chi connectivity index (χ0n) is 10.9. The van der Waals surface area contributed by atoms with E-state index < -0.39 is 0 Å². The number of anilines is 2. The molecule has 0 aliphatic carbocycles. The maximum Gasteiger partial charge on any atom is 0.258 e. The lowest BCUT2D eigenvalue weighted by atomic mass is 10.2. The summed E-state index contributed by atoms with van der Waals surface area (Å²) >= 11 is 0. The van der Waals surface area contributed by atoms with Crippen molar-refractivity contribution in [2.75, 3.05) is 11.1 Å². The van der Waals surface area contributed by atoms with E-state index in [1.54, 1.807) is 12.1 Å². The Bertz CT molecular complexity index is 819. The second kappa shape index (κ2) is 4.73. The van der Waals surface area contributed by atoms with Crippen LogP contribution in [-0.2, 0) is 6.54 Å². The van der Waals surface area contributed by atoms with Gasteiger partial charge < -0.3 is 20.5 Å². The maximum absolute atomic E-state index is 11.6.